The highest BCUT2D eigenvalue weighted by atomic mass is 32.2. The van der Waals surface area contributed by atoms with Gasteiger partial charge in [-0.1, -0.05) is 40.5 Å². The fourth-order valence-corrected chi connectivity index (χ4v) is 1.56. The molecule has 6 nitrogen and oxygen atoms in total. The molecule has 0 aliphatic heterocycles. The molecule has 0 aromatic heterocycles. The van der Waals surface area contributed by atoms with Gasteiger partial charge in [0.1, 0.15) is 0 Å². The standard InChI is InChI=1S/C6H15N.C5H14N2O3S/c1-4-7(5-2)6-3;1-2-3-4-5-6-7-11(8,9)10/h4-6H2,1-3H3;6-7H,2-5H2,1H3,(H,8,9,10). The number of hydrogen-bond donors (Lipinski definition) is 3. The highest BCUT2D eigenvalue weighted by Gasteiger charge is 1.98. The smallest absolute Gasteiger partial charge is 0.304 e. The average Bonchev–Trinajstić information content (AvgIpc) is 2.30. The molecule has 0 spiro atoms. The molecule has 112 valence electrons. The predicted molar refractivity (Wildman–Crippen MR) is 75.7 cm³/mol. The van der Waals surface area contributed by atoms with Crippen LogP contribution in [0.5, 0.6) is 0 Å². The van der Waals surface area contributed by atoms with Crippen molar-refractivity contribution >= 4 is 10.3 Å². The minimum absolute atomic E-state index is 0.535. The molecule has 0 aliphatic rings. The van der Waals surface area contributed by atoms with Crippen LogP contribution in [0.1, 0.15) is 47.0 Å². The number of unbranched alkanes of at least 4 members (excludes halogenated alkanes) is 2. The zero-order chi connectivity index (χ0) is 14.4. The first kappa shape index (κ1) is 20.1. The molecule has 0 radical (unpaired) electrons. The van der Waals surface area contributed by atoms with Crippen LogP contribution >= 0.6 is 0 Å². The van der Waals surface area contributed by atoms with Crippen molar-refractivity contribution in [2.45, 2.75) is 47.0 Å². The quantitative estimate of drug-likeness (QED) is 0.339. The molecule has 18 heavy (non-hydrogen) atoms. The number of nitrogens with one attached hydrogen (secondary N) is 2. The molecule has 0 atom stereocenters. The van der Waals surface area contributed by atoms with Crippen LogP contribution in [0.3, 0.4) is 0 Å². The summed E-state index contributed by atoms with van der Waals surface area (Å²) in [6, 6.07) is 0. The number of hydrogen-bond acceptors (Lipinski definition) is 4. The van der Waals surface area contributed by atoms with E-state index in [9.17, 15) is 8.42 Å². The Hall–Kier alpha value is -0.210. The van der Waals surface area contributed by atoms with E-state index in [2.05, 4.69) is 38.0 Å². The highest BCUT2D eigenvalue weighted by Crippen LogP contribution is 1.90. The van der Waals surface area contributed by atoms with Crippen LogP contribution in [-0.2, 0) is 10.3 Å². The lowest BCUT2D eigenvalue weighted by atomic mass is 10.3. The Morgan fingerprint density at radius 1 is 1.00 bits per heavy atom. The van der Waals surface area contributed by atoms with Gasteiger partial charge in [0.15, 0.2) is 0 Å². The first-order valence-electron chi connectivity index (χ1n) is 6.60. The third-order valence-electron chi connectivity index (χ3n) is 2.45. The summed E-state index contributed by atoms with van der Waals surface area (Å²) in [7, 11) is -4.07. The van der Waals surface area contributed by atoms with E-state index in [4.69, 9.17) is 4.55 Å². The van der Waals surface area contributed by atoms with Crippen molar-refractivity contribution < 1.29 is 13.0 Å². The summed E-state index contributed by atoms with van der Waals surface area (Å²) < 4.78 is 28.3. The summed E-state index contributed by atoms with van der Waals surface area (Å²) in [5.41, 5.74) is 2.37. The van der Waals surface area contributed by atoms with E-state index in [0.717, 1.165) is 19.3 Å². The number of rotatable bonds is 9. The largest absolute Gasteiger partial charge is 0.346 e. The van der Waals surface area contributed by atoms with E-state index in [-0.39, 0.29) is 0 Å². The van der Waals surface area contributed by atoms with Crippen LogP contribution in [-0.4, -0.2) is 44.0 Å². The van der Waals surface area contributed by atoms with Gasteiger partial charge in [0, 0.05) is 6.54 Å². The molecule has 0 rings (SSSR count). The number of hydrazine groups is 1. The van der Waals surface area contributed by atoms with Gasteiger partial charge >= 0.3 is 10.3 Å². The first-order valence-corrected chi connectivity index (χ1v) is 8.04. The average molecular weight is 283 g/mol. The predicted octanol–water partition coefficient (Wildman–Crippen LogP) is 1.42. The van der Waals surface area contributed by atoms with Gasteiger partial charge in [-0.05, 0) is 26.1 Å². The summed E-state index contributed by atoms with van der Waals surface area (Å²) in [6.45, 7) is 12.7. The van der Waals surface area contributed by atoms with Crippen molar-refractivity contribution in [3.8, 4) is 0 Å². The summed E-state index contributed by atoms with van der Waals surface area (Å²) in [5, 5.41) is 0. The van der Waals surface area contributed by atoms with Gasteiger partial charge in [0.25, 0.3) is 0 Å². The fraction of sp³-hybridized carbons (Fsp3) is 1.00. The molecule has 0 heterocycles. The molecule has 0 aliphatic carbocycles. The first-order chi connectivity index (χ1) is 8.41. The van der Waals surface area contributed by atoms with Crippen molar-refractivity contribution in [1.82, 2.24) is 15.2 Å². The minimum atomic E-state index is -4.07. The van der Waals surface area contributed by atoms with Gasteiger partial charge in [-0.3, -0.25) is 4.55 Å². The SMILES string of the molecule is CCCCCNNS(=O)(=O)O.CCN(CC)CC. The molecule has 3 N–H and O–H groups in total. The van der Waals surface area contributed by atoms with Crippen molar-refractivity contribution in [3.05, 3.63) is 0 Å². The maximum Gasteiger partial charge on any atom is 0.346 e. The zero-order valence-electron chi connectivity index (χ0n) is 12.1. The van der Waals surface area contributed by atoms with E-state index in [1.807, 2.05) is 0 Å². The van der Waals surface area contributed by atoms with Gasteiger partial charge in [-0.15, -0.1) is 4.83 Å². The second kappa shape index (κ2) is 13.2. The van der Waals surface area contributed by atoms with Crippen LogP contribution < -0.4 is 10.3 Å². The molecular weight excluding hydrogens is 254 g/mol. The van der Waals surface area contributed by atoms with Crippen molar-refractivity contribution in [2.24, 2.45) is 0 Å². The second-order valence-electron chi connectivity index (χ2n) is 3.83. The van der Waals surface area contributed by atoms with Gasteiger partial charge in [-0.2, -0.15) is 8.42 Å². The molecule has 0 fully saturated rings. The van der Waals surface area contributed by atoms with E-state index < -0.39 is 10.3 Å². The maximum atomic E-state index is 10.0. The minimum Gasteiger partial charge on any atom is -0.304 e. The van der Waals surface area contributed by atoms with Crippen LogP contribution in [0.15, 0.2) is 0 Å². The molecule has 0 aromatic rings. The third-order valence-corrected chi connectivity index (χ3v) is 2.85. The summed E-state index contributed by atoms with van der Waals surface area (Å²) >= 11 is 0. The summed E-state index contributed by atoms with van der Waals surface area (Å²) in [4.78, 5) is 4.13. The van der Waals surface area contributed by atoms with Gasteiger partial charge in [-0.25, -0.2) is 5.43 Å². The second-order valence-corrected chi connectivity index (χ2v) is 4.98. The lowest BCUT2D eigenvalue weighted by Gasteiger charge is -2.13. The lowest BCUT2D eigenvalue weighted by Crippen LogP contribution is -2.37. The van der Waals surface area contributed by atoms with Crippen LogP contribution in [0.25, 0.3) is 0 Å². The van der Waals surface area contributed by atoms with Crippen molar-refractivity contribution in [2.75, 3.05) is 26.2 Å². The van der Waals surface area contributed by atoms with Crippen LogP contribution in [0.4, 0.5) is 0 Å². The molecular formula is C11H29N3O3S. The Morgan fingerprint density at radius 2 is 1.50 bits per heavy atom. The Bertz CT molecular complexity index is 249. The van der Waals surface area contributed by atoms with Crippen molar-refractivity contribution in [1.29, 1.82) is 0 Å². The monoisotopic (exact) mass is 283 g/mol. The Labute approximate surface area is 112 Å². The topological polar surface area (TPSA) is 81.7 Å². The van der Waals surface area contributed by atoms with Gasteiger partial charge < -0.3 is 4.90 Å². The molecule has 0 aromatic carbocycles. The van der Waals surface area contributed by atoms with E-state index in [1.165, 1.54) is 19.6 Å². The number of nitrogens with zero attached hydrogens (tertiary/aromatic N) is 1. The van der Waals surface area contributed by atoms with E-state index >= 15 is 0 Å². The van der Waals surface area contributed by atoms with Crippen molar-refractivity contribution in [3.63, 3.8) is 0 Å². The Balaban J connectivity index is 0. The third kappa shape index (κ3) is 18.2. The van der Waals surface area contributed by atoms with Crippen LogP contribution in [0, 0.1) is 0 Å². The Morgan fingerprint density at radius 3 is 1.78 bits per heavy atom. The molecule has 0 saturated carbocycles. The molecule has 0 saturated heterocycles. The summed E-state index contributed by atoms with van der Waals surface area (Å²) in [5.74, 6) is 0. The van der Waals surface area contributed by atoms with Gasteiger partial charge in [0.2, 0.25) is 0 Å². The highest BCUT2D eigenvalue weighted by molar-refractivity contribution is 7.83. The fourth-order valence-electron chi connectivity index (χ4n) is 1.28. The normalized spacial score (nSPS) is 11.2. The molecule has 0 unspecified atom stereocenters. The molecule has 0 amide bonds. The summed E-state index contributed by atoms with van der Waals surface area (Å²) in [6.07, 6.45) is 3.01. The maximum absolute atomic E-state index is 10.0. The zero-order valence-corrected chi connectivity index (χ0v) is 12.9. The van der Waals surface area contributed by atoms with E-state index in [1.54, 1.807) is 4.83 Å². The van der Waals surface area contributed by atoms with Crippen LogP contribution in [0.2, 0.25) is 0 Å². The Kier molecular flexibility index (Phi) is 14.8. The molecule has 0 bridgehead atoms. The van der Waals surface area contributed by atoms with E-state index in [0.29, 0.717) is 6.54 Å². The molecule has 7 heteroatoms. The van der Waals surface area contributed by atoms with Gasteiger partial charge in [0.05, 0.1) is 0 Å². The lowest BCUT2D eigenvalue weighted by molar-refractivity contribution is 0.321.